The second-order valence-electron chi connectivity index (χ2n) is 11.8. The van der Waals surface area contributed by atoms with Crippen molar-refractivity contribution >= 4 is 5.97 Å². The van der Waals surface area contributed by atoms with Crippen LogP contribution in [0.5, 0.6) is 11.5 Å². The van der Waals surface area contributed by atoms with Crippen LogP contribution < -0.4 is 9.47 Å². The summed E-state index contributed by atoms with van der Waals surface area (Å²) in [6, 6.07) is 5.94. The molecule has 7 heteroatoms. The van der Waals surface area contributed by atoms with Crippen LogP contribution in [0.3, 0.4) is 0 Å². The molecule has 0 radical (unpaired) electrons. The van der Waals surface area contributed by atoms with Crippen molar-refractivity contribution in [3.05, 3.63) is 35.9 Å². The molecule has 4 fully saturated rings. The lowest BCUT2D eigenvalue weighted by Crippen LogP contribution is -2.46. The highest BCUT2D eigenvalue weighted by Crippen LogP contribution is 2.57. The predicted octanol–water partition coefficient (Wildman–Crippen LogP) is 4.15. The number of carbonyl (C=O) groups is 1. The molecule has 5 rings (SSSR count). The zero-order valence-electron chi connectivity index (χ0n) is 22.9. The fourth-order valence-corrected chi connectivity index (χ4v) is 7.33. The van der Waals surface area contributed by atoms with Gasteiger partial charge in [-0.1, -0.05) is 19.1 Å². The molecule has 2 saturated carbocycles. The smallest absolute Gasteiger partial charge is 0.310 e. The standard InChI is InChI=1S/C30H44N2O5/c1-21-6-5-9-30(2)18-28-24(17-26(21)30)25(29(33)37-28)20-32(11-10-31-12-14-36-15-13-31)19-22-16-23(34-3)7-8-27(22)35-4/h7-8,16,24-26,28H,1,5-6,9-15,17-20H2,2-4H3/t24-,25+,26-,28+,30+/m0/s1. The topological polar surface area (TPSA) is 60.5 Å². The summed E-state index contributed by atoms with van der Waals surface area (Å²) in [6.07, 6.45) is 5.58. The van der Waals surface area contributed by atoms with Crippen LogP contribution in [0.4, 0.5) is 0 Å². The van der Waals surface area contributed by atoms with E-state index in [9.17, 15) is 4.79 Å². The lowest BCUT2D eigenvalue weighted by atomic mass is 9.55. The number of nitrogens with zero attached hydrogens (tertiary/aromatic N) is 2. The van der Waals surface area contributed by atoms with Crippen molar-refractivity contribution in [2.75, 3.05) is 60.2 Å². The van der Waals surface area contributed by atoms with Crippen molar-refractivity contribution in [1.82, 2.24) is 9.80 Å². The van der Waals surface area contributed by atoms with Crippen molar-refractivity contribution < 1.29 is 23.7 Å². The summed E-state index contributed by atoms with van der Waals surface area (Å²) >= 11 is 0. The lowest BCUT2D eigenvalue weighted by Gasteiger charge is -2.50. The largest absolute Gasteiger partial charge is 0.497 e. The Morgan fingerprint density at radius 3 is 2.78 bits per heavy atom. The first-order chi connectivity index (χ1) is 17.9. The number of fused-ring (bicyclic) bond motifs is 2. The van der Waals surface area contributed by atoms with Crippen molar-refractivity contribution in [2.45, 2.75) is 51.7 Å². The van der Waals surface area contributed by atoms with E-state index in [1.165, 1.54) is 18.4 Å². The average Bonchev–Trinajstić information content (AvgIpc) is 3.19. The van der Waals surface area contributed by atoms with Crippen LogP contribution in [0.2, 0.25) is 0 Å². The molecule has 1 aromatic rings. The van der Waals surface area contributed by atoms with E-state index in [0.717, 1.165) is 75.7 Å². The molecular formula is C30H44N2O5. The number of benzene rings is 1. The van der Waals surface area contributed by atoms with Crippen LogP contribution in [-0.2, 0) is 20.8 Å². The molecular weight excluding hydrogens is 468 g/mol. The normalized spacial score (nSPS) is 32.1. The second-order valence-corrected chi connectivity index (χ2v) is 11.8. The molecule has 4 aliphatic rings. The average molecular weight is 513 g/mol. The van der Waals surface area contributed by atoms with Gasteiger partial charge in [-0.25, -0.2) is 0 Å². The molecule has 0 bridgehead atoms. The Bertz CT molecular complexity index is 977. The van der Waals surface area contributed by atoms with Gasteiger partial charge in [-0.2, -0.15) is 0 Å². The molecule has 0 spiro atoms. The molecule has 2 heterocycles. The van der Waals surface area contributed by atoms with Crippen LogP contribution in [-0.4, -0.2) is 82.0 Å². The summed E-state index contributed by atoms with van der Waals surface area (Å²) in [7, 11) is 3.39. The van der Waals surface area contributed by atoms with Gasteiger partial charge >= 0.3 is 5.97 Å². The molecule has 204 valence electrons. The fourth-order valence-electron chi connectivity index (χ4n) is 7.33. The Balaban J connectivity index is 1.35. The van der Waals surface area contributed by atoms with Crippen LogP contribution in [0, 0.1) is 23.2 Å². The van der Waals surface area contributed by atoms with Gasteiger partial charge in [0.1, 0.15) is 17.6 Å². The highest BCUT2D eigenvalue weighted by Gasteiger charge is 2.55. The maximum atomic E-state index is 13.3. The number of ether oxygens (including phenoxy) is 4. The monoisotopic (exact) mass is 512 g/mol. The number of morpholine rings is 1. The van der Waals surface area contributed by atoms with Gasteiger partial charge in [0, 0.05) is 50.7 Å². The van der Waals surface area contributed by atoms with Crippen LogP contribution in [0.1, 0.15) is 44.6 Å². The van der Waals surface area contributed by atoms with E-state index >= 15 is 0 Å². The van der Waals surface area contributed by atoms with E-state index in [2.05, 4.69) is 29.4 Å². The molecule has 7 nitrogen and oxygen atoms in total. The van der Waals surface area contributed by atoms with Gasteiger partial charge in [0.2, 0.25) is 0 Å². The molecule has 0 amide bonds. The Hall–Kier alpha value is -2.09. The number of allylic oxidation sites excluding steroid dienone is 1. The molecule has 0 aromatic heterocycles. The Labute approximate surface area is 222 Å². The Morgan fingerprint density at radius 1 is 1.22 bits per heavy atom. The molecule has 2 aliphatic carbocycles. The first-order valence-corrected chi connectivity index (χ1v) is 14.0. The SMILES string of the molecule is C=C1CCC[C@]2(C)C[C@H]3OC(=O)[C@H](CN(CCN4CCOCC4)Cc4cc(OC)ccc4OC)[C@@H]3C[C@@H]12. The molecule has 2 saturated heterocycles. The van der Waals surface area contributed by atoms with Crippen molar-refractivity contribution in [3.8, 4) is 11.5 Å². The number of carbonyl (C=O) groups excluding carboxylic acids is 1. The number of hydrogen-bond acceptors (Lipinski definition) is 7. The number of rotatable bonds is 9. The first-order valence-electron chi connectivity index (χ1n) is 14.0. The van der Waals surface area contributed by atoms with Gasteiger partial charge < -0.3 is 18.9 Å². The lowest BCUT2D eigenvalue weighted by molar-refractivity contribution is -0.146. The van der Waals surface area contributed by atoms with Gasteiger partial charge in [0.05, 0.1) is 33.4 Å². The Morgan fingerprint density at radius 2 is 2.03 bits per heavy atom. The van der Waals surface area contributed by atoms with E-state index in [4.69, 9.17) is 18.9 Å². The minimum Gasteiger partial charge on any atom is -0.497 e. The molecule has 0 N–H and O–H groups in total. The van der Waals surface area contributed by atoms with Crippen LogP contribution in [0.25, 0.3) is 0 Å². The molecule has 2 aliphatic heterocycles. The van der Waals surface area contributed by atoms with Gasteiger partial charge in [0.25, 0.3) is 0 Å². The molecule has 0 unspecified atom stereocenters. The highest BCUT2D eigenvalue weighted by atomic mass is 16.6. The maximum Gasteiger partial charge on any atom is 0.310 e. The first kappa shape index (κ1) is 26.5. The summed E-state index contributed by atoms with van der Waals surface area (Å²) in [5.74, 6) is 2.29. The third-order valence-electron chi connectivity index (χ3n) is 9.49. The zero-order valence-corrected chi connectivity index (χ0v) is 22.9. The van der Waals surface area contributed by atoms with Gasteiger partial charge in [-0.15, -0.1) is 0 Å². The number of methoxy groups -OCH3 is 2. The Kier molecular flexibility index (Phi) is 8.13. The van der Waals surface area contributed by atoms with E-state index in [1.54, 1.807) is 14.2 Å². The molecule has 1 aromatic carbocycles. The van der Waals surface area contributed by atoms with Crippen molar-refractivity contribution in [2.24, 2.45) is 23.2 Å². The van der Waals surface area contributed by atoms with Crippen LogP contribution in [0.15, 0.2) is 30.4 Å². The van der Waals surface area contributed by atoms with Crippen molar-refractivity contribution in [1.29, 1.82) is 0 Å². The summed E-state index contributed by atoms with van der Waals surface area (Å²) < 4.78 is 22.8. The van der Waals surface area contributed by atoms with Gasteiger partial charge in [0.15, 0.2) is 0 Å². The summed E-state index contributed by atoms with van der Waals surface area (Å²) in [6.45, 7) is 13.5. The third-order valence-corrected chi connectivity index (χ3v) is 9.49. The van der Waals surface area contributed by atoms with Crippen molar-refractivity contribution in [3.63, 3.8) is 0 Å². The summed E-state index contributed by atoms with van der Waals surface area (Å²) in [5.41, 5.74) is 2.68. The summed E-state index contributed by atoms with van der Waals surface area (Å²) in [5, 5.41) is 0. The quantitative estimate of drug-likeness (QED) is 0.364. The molecule has 5 atom stereocenters. The van der Waals surface area contributed by atoms with E-state index in [1.807, 2.05) is 12.1 Å². The molecule has 37 heavy (non-hydrogen) atoms. The maximum absolute atomic E-state index is 13.3. The summed E-state index contributed by atoms with van der Waals surface area (Å²) in [4.78, 5) is 18.2. The minimum atomic E-state index is -0.106. The number of esters is 1. The van der Waals surface area contributed by atoms with E-state index in [-0.39, 0.29) is 29.3 Å². The zero-order chi connectivity index (χ0) is 26.0. The predicted molar refractivity (Wildman–Crippen MR) is 143 cm³/mol. The fraction of sp³-hybridized carbons (Fsp3) is 0.700. The second kappa shape index (κ2) is 11.3. The third kappa shape index (κ3) is 5.69. The van der Waals surface area contributed by atoms with E-state index in [0.29, 0.717) is 19.0 Å². The highest BCUT2D eigenvalue weighted by molar-refractivity contribution is 5.75. The van der Waals surface area contributed by atoms with Crippen LogP contribution >= 0.6 is 0 Å². The van der Waals surface area contributed by atoms with E-state index < -0.39 is 0 Å². The minimum absolute atomic E-state index is 0.0168. The van der Waals surface area contributed by atoms with Gasteiger partial charge in [-0.3, -0.25) is 14.6 Å². The van der Waals surface area contributed by atoms with Gasteiger partial charge in [-0.05, 0) is 61.6 Å². The number of hydrogen-bond donors (Lipinski definition) is 0.